The standard InChI is InChI=1S/C22H33N5O7/c1-27(18(28)13-25-20(31)15(24)12-19(29)30)17(11-14-7-3-2-4-8-14)21(32)26-16(22(33)34)9-5-6-10-23/h2-4,7-8,15-17H,5-6,9-13,23-24H2,1H3,(H,25,31)(H,26,32)(H,29,30)(H,33,34)/t15-,16+,17+/m1/s1. The quantitative estimate of drug-likeness (QED) is 0.165. The molecule has 0 aromatic heterocycles. The van der Waals surface area contributed by atoms with Crippen molar-refractivity contribution >= 4 is 29.7 Å². The van der Waals surface area contributed by atoms with Crippen LogP contribution >= 0.6 is 0 Å². The molecule has 0 aliphatic heterocycles. The van der Waals surface area contributed by atoms with Gasteiger partial charge in [0.25, 0.3) is 0 Å². The third-order valence-electron chi connectivity index (χ3n) is 5.14. The third-order valence-corrected chi connectivity index (χ3v) is 5.14. The van der Waals surface area contributed by atoms with Gasteiger partial charge in [-0.15, -0.1) is 0 Å². The predicted octanol–water partition coefficient (Wildman–Crippen LogP) is -1.33. The maximum Gasteiger partial charge on any atom is 0.326 e. The van der Waals surface area contributed by atoms with Gasteiger partial charge in [-0.3, -0.25) is 19.2 Å². The lowest BCUT2D eigenvalue weighted by molar-refractivity contribution is -0.144. The number of carboxylic acid groups (broad SMARTS) is 2. The minimum atomic E-state index is -1.33. The molecule has 0 aliphatic carbocycles. The van der Waals surface area contributed by atoms with E-state index in [0.717, 1.165) is 10.5 Å². The Balaban J connectivity index is 2.93. The average molecular weight is 480 g/mol. The minimum Gasteiger partial charge on any atom is -0.481 e. The Morgan fingerprint density at radius 2 is 1.68 bits per heavy atom. The Labute approximate surface area is 197 Å². The molecule has 0 saturated heterocycles. The summed E-state index contributed by atoms with van der Waals surface area (Å²) in [5.41, 5.74) is 11.7. The molecule has 188 valence electrons. The van der Waals surface area contributed by atoms with Gasteiger partial charge in [0.1, 0.15) is 12.1 Å². The van der Waals surface area contributed by atoms with Crippen LogP contribution in [0.2, 0.25) is 0 Å². The van der Waals surface area contributed by atoms with Crippen LogP contribution in [0.3, 0.4) is 0 Å². The van der Waals surface area contributed by atoms with E-state index in [-0.39, 0.29) is 12.8 Å². The number of benzene rings is 1. The van der Waals surface area contributed by atoms with Crippen LogP contribution in [-0.2, 0) is 30.4 Å². The van der Waals surface area contributed by atoms with Gasteiger partial charge in [-0.2, -0.15) is 0 Å². The first kappa shape index (κ1) is 28.5. The first-order chi connectivity index (χ1) is 16.1. The summed E-state index contributed by atoms with van der Waals surface area (Å²) in [6.45, 7) is -0.115. The van der Waals surface area contributed by atoms with Crippen LogP contribution in [0.1, 0.15) is 31.2 Å². The fourth-order valence-corrected chi connectivity index (χ4v) is 3.13. The molecule has 3 atom stereocenters. The number of carboxylic acids is 2. The summed E-state index contributed by atoms with van der Waals surface area (Å²) >= 11 is 0. The van der Waals surface area contributed by atoms with E-state index in [0.29, 0.717) is 19.4 Å². The second kappa shape index (κ2) is 14.6. The zero-order chi connectivity index (χ0) is 25.7. The van der Waals surface area contributed by atoms with Crippen molar-refractivity contribution in [2.24, 2.45) is 11.5 Å². The Bertz CT molecular complexity index is 849. The molecule has 34 heavy (non-hydrogen) atoms. The number of unbranched alkanes of at least 4 members (excludes halogenated alkanes) is 1. The van der Waals surface area contributed by atoms with E-state index in [2.05, 4.69) is 10.6 Å². The number of nitrogens with zero attached hydrogens (tertiary/aromatic N) is 1. The van der Waals surface area contributed by atoms with E-state index >= 15 is 0 Å². The number of likely N-dealkylation sites (N-methyl/N-ethyl adjacent to an activating group) is 1. The van der Waals surface area contributed by atoms with Gasteiger partial charge in [0, 0.05) is 13.5 Å². The van der Waals surface area contributed by atoms with Gasteiger partial charge in [-0.1, -0.05) is 30.3 Å². The third kappa shape index (κ3) is 9.96. The Morgan fingerprint density at radius 1 is 1.03 bits per heavy atom. The molecule has 1 aromatic rings. The number of hydrogen-bond acceptors (Lipinski definition) is 7. The van der Waals surface area contributed by atoms with Gasteiger partial charge in [-0.05, 0) is 31.4 Å². The molecule has 0 radical (unpaired) electrons. The predicted molar refractivity (Wildman–Crippen MR) is 122 cm³/mol. The van der Waals surface area contributed by atoms with E-state index in [1.165, 1.54) is 7.05 Å². The topological polar surface area (TPSA) is 205 Å². The van der Waals surface area contributed by atoms with Crippen LogP contribution in [0.5, 0.6) is 0 Å². The van der Waals surface area contributed by atoms with Crippen molar-refractivity contribution in [3.63, 3.8) is 0 Å². The molecule has 0 heterocycles. The lowest BCUT2D eigenvalue weighted by Gasteiger charge is -2.29. The fourth-order valence-electron chi connectivity index (χ4n) is 3.13. The Morgan fingerprint density at radius 3 is 2.24 bits per heavy atom. The van der Waals surface area contributed by atoms with Crippen LogP contribution in [-0.4, -0.2) is 83.0 Å². The molecule has 1 aromatic carbocycles. The number of rotatable bonds is 15. The number of nitrogens with one attached hydrogen (secondary N) is 2. The zero-order valence-corrected chi connectivity index (χ0v) is 19.1. The molecule has 0 spiro atoms. The van der Waals surface area contributed by atoms with Gasteiger partial charge in [-0.25, -0.2) is 4.79 Å². The Hall–Kier alpha value is -3.51. The van der Waals surface area contributed by atoms with Crippen LogP contribution in [0.15, 0.2) is 30.3 Å². The summed E-state index contributed by atoms with van der Waals surface area (Å²) in [7, 11) is 1.36. The number of aliphatic carboxylic acids is 2. The highest BCUT2D eigenvalue weighted by Gasteiger charge is 2.31. The highest BCUT2D eigenvalue weighted by atomic mass is 16.4. The molecule has 0 aliphatic rings. The van der Waals surface area contributed by atoms with Crippen molar-refractivity contribution < 1.29 is 34.2 Å². The molecule has 0 fully saturated rings. The molecule has 0 saturated carbocycles. The van der Waals surface area contributed by atoms with Gasteiger partial charge in [0.05, 0.1) is 19.0 Å². The van der Waals surface area contributed by atoms with Crippen molar-refractivity contribution in [3.8, 4) is 0 Å². The molecule has 12 heteroatoms. The van der Waals surface area contributed by atoms with Crippen molar-refractivity contribution in [1.29, 1.82) is 0 Å². The van der Waals surface area contributed by atoms with E-state index in [9.17, 15) is 29.1 Å². The smallest absolute Gasteiger partial charge is 0.326 e. The number of hydrogen-bond donors (Lipinski definition) is 6. The van der Waals surface area contributed by atoms with Crippen LogP contribution in [0.4, 0.5) is 0 Å². The lowest BCUT2D eigenvalue weighted by Crippen LogP contribution is -2.55. The number of carbonyl (C=O) groups is 5. The molecular weight excluding hydrogens is 446 g/mol. The molecule has 0 unspecified atom stereocenters. The second-order valence-corrected chi connectivity index (χ2v) is 7.82. The number of nitrogens with two attached hydrogens (primary N) is 2. The summed E-state index contributed by atoms with van der Waals surface area (Å²) in [4.78, 5) is 61.1. The minimum absolute atomic E-state index is 0.108. The average Bonchev–Trinajstić information content (AvgIpc) is 2.79. The fraction of sp³-hybridized carbons (Fsp3) is 0.500. The zero-order valence-electron chi connectivity index (χ0n) is 19.1. The van der Waals surface area contributed by atoms with Crippen molar-refractivity contribution in [2.45, 2.75) is 50.2 Å². The van der Waals surface area contributed by atoms with E-state index in [4.69, 9.17) is 16.6 Å². The summed E-state index contributed by atoms with van der Waals surface area (Å²) in [5.74, 6) is -4.57. The maximum absolute atomic E-state index is 13.0. The van der Waals surface area contributed by atoms with Gasteiger partial charge in [0.2, 0.25) is 17.7 Å². The highest BCUT2D eigenvalue weighted by Crippen LogP contribution is 2.10. The molecule has 1 rings (SSSR count). The summed E-state index contributed by atoms with van der Waals surface area (Å²) in [6, 6.07) is 5.32. The summed E-state index contributed by atoms with van der Waals surface area (Å²) in [6.07, 6.45) is 0.807. The van der Waals surface area contributed by atoms with Crippen molar-refractivity contribution in [3.05, 3.63) is 35.9 Å². The summed E-state index contributed by atoms with van der Waals surface area (Å²) in [5, 5.41) is 23.0. The van der Waals surface area contributed by atoms with Crippen molar-refractivity contribution in [1.82, 2.24) is 15.5 Å². The maximum atomic E-state index is 13.0. The van der Waals surface area contributed by atoms with E-state index < -0.39 is 60.8 Å². The largest absolute Gasteiger partial charge is 0.481 e. The monoisotopic (exact) mass is 479 g/mol. The lowest BCUT2D eigenvalue weighted by atomic mass is 10.0. The number of carbonyl (C=O) groups excluding carboxylic acids is 3. The van der Waals surface area contributed by atoms with Crippen LogP contribution < -0.4 is 22.1 Å². The normalized spacial score (nSPS) is 13.3. The molecular formula is C22H33N5O7. The van der Waals surface area contributed by atoms with Gasteiger partial charge in [0.15, 0.2) is 0 Å². The first-order valence-corrected chi connectivity index (χ1v) is 10.8. The molecule has 0 bridgehead atoms. The summed E-state index contributed by atoms with van der Waals surface area (Å²) < 4.78 is 0. The molecule has 8 N–H and O–H groups in total. The molecule has 3 amide bonds. The highest BCUT2D eigenvalue weighted by molar-refractivity contribution is 5.93. The first-order valence-electron chi connectivity index (χ1n) is 10.8. The molecule has 12 nitrogen and oxygen atoms in total. The van der Waals surface area contributed by atoms with Crippen molar-refractivity contribution in [2.75, 3.05) is 20.1 Å². The SMILES string of the molecule is CN(C(=O)CNC(=O)[C@H](N)CC(=O)O)[C@@H](Cc1ccccc1)C(=O)N[C@@H](CCCCN)C(=O)O. The van der Waals surface area contributed by atoms with Gasteiger partial charge >= 0.3 is 11.9 Å². The van der Waals surface area contributed by atoms with E-state index in [1.54, 1.807) is 30.3 Å². The number of amides is 3. The van der Waals surface area contributed by atoms with E-state index in [1.807, 2.05) is 0 Å². The van der Waals surface area contributed by atoms with Gasteiger partial charge < -0.3 is 37.2 Å². The Kier molecular flexibility index (Phi) is 12.2. The second-order valence-electron chi connectivity index (χ2n) is 7.82. The van der Waals surface area contributed by atoms with Crippen LogP contribution in [0.25, 0.3) is 0 Å². The van der Waals surface area contributed by atoms with Crippen LogP contribution in [0, 0.1) is 0 Å².